The SMILES string of the molecule is COC(=O)C(C)(C)CNC(=O)[C@@H](C[C@H](O)[C@@H](N)CN1CC(=O)N(c2ccccc2Cl)CC1(C)C)C(C)C.COC(=O)C(C)(C)CNC(=O)[C@@H](C[C@H](O)[C@@H](N)CN1CC(=O)N(c2ccccc2Cl)CC1(C)C)C(C)C.O=C(O)/C=C/C(=O)O. The number of methoxy groups -OCH3 is 2. The highest BCUT2D eigenvalue weighted by atomic mass is 35.5. The first-order valence-electron chi connectivity index (χ1n) is 27.2. The van der Waals surface area contributed by atoms with Crippen LogP contribution in [0.5, 0.6) is 0 Å². The number of carbonyl (C=O) groups excluding carboxylic acids is 6. The number of carbonyl (C=O) groups is 8. The standard InChI is InChI=1S/2C27H43ClN4O5.C4H4O4/c2*1-17(2)18(24(35)30-15-26(3,4)25(36)37-7)12-22(33)20(29)13-31-14-23(34)32(16-27(31,5)6)21-11-9-8-10-19(21)28;5-3(6)1-2-4(7)8/h2*8-11,17-18,20,22,33H,12-16,29H2,1-7H3,(H,30,35);1-2H,(H,5,6)(H,7,8)/b;;2-1+/t2*18-,20-,22-;/m00./s1. The van der Waals surface area contributed by atoms with Gasteiger partial charge in [-0.05, 0) is 104 Å². The summed E-state index contributed by atoms with van der Waals surface area (Å²) in [7, 11) is 2.62. The number of amides is 4. The molecule has 24 heteroatoms. The lowest BCUT2D eigenvalue weighted by molar-refractivity contribution is -0.151. The molecule has 4 amide bonds. The van der Waals surface area contributed by atoms with Gasteiger partial charge in [0.1, 0.15) is 0 Å². The predicted octanol–water partition coefficient (Wildman–Crippen LogP) is 4.58. The number of benzene rings is 2. The van der Waals surface area contributed by atoms with Gasteiger partial charge in [-0.2, -0.15) is 0 Å². The normalized spacial score (nSPS) is 18.0. The molecule has 2 fully saturated rings. The van der Waals surface area contributed by atoms with Crippen molar-refractivity contribution in [2.75, 3.05) is 76.4 Å². The van der Waals surface area contributed by atoms with Crippen LogP contribution in [0.1, 0.15) is 95.9 Å². The second-order valence-corrected chi connectivity index (χ2v) is 24.9. The van der Waals surface area contributed by atoms with E-state index < -0.39 is 81.9 Å². The molecule has 2 saturated heterocycles. The molecule has 2 aromatic rings. The third-order valence-electron chi connectivity index (χ3n) is 14.7. The van der Waals surface area contributed by atoms with Crippen molar-refractivity contribution >= 4 is 82.1 Å². The summed E-state index contributed by atoms with van der Waals surface area (Å²) < 4.78 is 9.60. The second kappa shape index (κ2) is 31.8. The highest BCUT2D eigenvalue weighted by Gasteiger charge is 2.43. The number of rotatable bonds is 24. The number of carboxylic acids is 2. The number of anilines is 2. The van der Waals surface area contributed by atoms with Crippen LogP contribution in [0, 0.1) is 34.5 Å². The van der Waals surface area contributed by atoms with E-state index in [-0.39, 0.29) is 87.6 Å². The van der Waals surface area contributed by atoms with Crippen LogP contribution in [0.25, 0.3) is 0 Å². The number of nitrogens with one attached hydrogen (secondary N) is 2. The Bertz CT molecular complexity index is 2370. The molecule has 0 radical (unpaired) electrons. The Morgan fingerprint density at radius 3 is 1.20 bits per heavy atom. The van der Waals surface area contributed by atoms with Crippen molar-refractivity contribution in [3.63, 3.8) is 0 Å². The van der Waals surface area contributed by atoms with Crippen molar-refractivity contribution in [1.82, 2.24) is 20.4 Å². The van der Waals surface area contributed by atoms with Gasteiger partial charge in [-0.15, -0.1) is 0 Å². The first-order chi connectivity index (χ1) is 37.8. The fourth-order valence-electron chi connectivity index (χ4n) is 9.18. The Morgan fingerprint density at radius 2 is 0.927 bits per heavy atom. The van der Waals surface area contributed by atoms with Crippen LogP contribution >= 0.6 is 23.2 Å². The van der Waals surface area contributed by atoms with E-state index in [0.29, 0.717) is 46.7 Å². The summed E-state index contributed by atoms with van der Waals surface area (Å²) in [6.07, 6.45) is -0.474. The third-order valence-corrected chi connectivity index (χ3v) is 15.4. The number of aliphatic carboxylic acids is 2. The van der Waals surface area contributed by atoms with Gasteiger partial charge in [0.15, 0.2) is 0 Å². The first kappa shape index (κ1) is 72.4. The van der Waals surface area contributed by atoms with Crippen LogP contribution in [0.2, 0.25) is 10.0 Å². The molecule has 10 N–H and O–H groups in total. The van der Waals surface area contributed by atoms with Crippen LogP contribution in [-0.2, 0) is 47.8 Å². The number of aliphatic hydroxyl groups is 2. The Hall–Kier alpha value is -5.72. The van der Waals surface area contributed by atoms with Crippen LogP contribution in [0.4, 0.5) is 11.4 Å². The minimum absolute atomic E-state index is 0.0553. The van der Waals surface area contributed by atoms with Gasteiger partial charge in [-0.1, -0.05) is 75.2 Å². The molecule has 2 aliphatic rings. The molecular formula is C58H90Cl2N8O14. The van der Waals surface area contributed by atoms with Gasteiger partial charge in [-0.25, -0.2) is 9.59 Å². The summed E-state index contributed by atoms with van der Waals surface area (Å²) in [6.45, 7) is 24.4. The van der Waals surface area contributed by atoms with E-state index in [1.807, 2.05) is 102 Å². The maximum Gasteiger partial charge on any atom is 0.328 e. The average Bonchev–Trinajstić information content (AvgIpc) is 3.39. The number of ether oxygens (including phenoxy) is 2. The summed E-state index contributed by atoms with van der Waals surface area (Å²) in [5, 5.41) is 44.2. The van der Waals surface area contributed by atoms with Crippen LogP contribution in [0.15, 0.2) is 60.7 Å². The summed E-state index contributed by atoms with van der Waals surface area (Å²) in [5.41, 5.74) is 11.6. The molecule has 0 spiro atoms. The number of hydrogen-bond acceptors (Lipinski definition) is 16. The molecule has 2 aliphatic heterocycles. The lowest BCUT2D eigenvalue weighted by atomic mass is 9.86. The van der Waals surface area contributed by atoms with Crippen LogP contribution < -0.4 is 31.9 Å². The van der Waals surface area contributed by atoms with Crippen LogP contribution in [-0.4, -0.2) is 180 Å². The quantitative estimate of drug-likeness (QED) is 0.0527. The summed E-state index contributed by atoms with van der Waals surface area (Å²) in [5.74, 6) is -5.14. The van der Waals surface area contributed by atoms with Crippen molar-refractivity contribution in [2.45, 2.75) is 131 Å². The number of para-hydroxylation sites is 2. The van der Waals surface area contributed by atoms with Crippen molar-refractivity contribution in [3.8, 4) is 0 Å². The molecule has 2 aromatic carbocycles. The van der Waals surface area contributed by atoms with Gasteiger partial charge in [-0.3, -0.25) is 38.6 Å². The largest absolute Gasteiger partial charge is 0.478 e. The van der Waals surface area contributed by atoms with Crippen molar-refractivity contribution in [3.05, 3.63) is 70.7 Å². The summed E-state index contributed by atoms with van der Waals surface area (Å²) in [4.78, 5) is 102. The number of carboxylic acid groups (broad SMARTS) is 2. The minimum atomic E-state index is -1.26. The van der Waals surface area contributed by atoms with E-state index >= 15 is 0 Å². The van der Waals surface area contributed by atoms with E-state index in [0.717, 1.165) is 0 Å². The molecule has 22 nitrogen and oxygen atoms in total. The molecule has 0 bridgehead atoms. The molecule has 0 aliphatic carbocycles. The second-order valence-electron chi connectivity index (χ2n) is 24.1. The highest BCUT2D eigenvalue weighted by Crippen LogP contribution is 2.34. The Kier molecular flexibility index (Phi) is 28.1. The smallest absolute Gasteiger partial charge is 0.328 e. The maximum atomic E-state index is 13.0. The van der Waals surface area contributed by atoms with Gasteiger partial charge in [0.2, 0.25) is 23.6 Å². The third kappa shape index (κ3) is 21.8. The van der Waals surface area contributed by atoms with Gasteiger partial charge in [0.05, 0.1) is 71.8 Å². The Morgan fingerprint density at radius 1 is 0.622 bits per heavy atom. The fraction of sp³-hybridized carbons (Fsp3) is 0.621. The topological polar surface area (TPSA) is 325 Å². The number of nitrogens with two attached hydrogens (primary N) is 2. The first-order valence-corrected chi connectivity index (χ1v) is 27.9. The van der Waals surface area contributed by atoms with Crippen molar-refractivity contribution < 1.29 is 68.3 Å². The van der Waals surface area contributed by atoms with Gasteiger partial charge in [0.25, 0.3) is 0 Å². The molecule has 4 rings (SSSR count). The minimum Gasteiger partial charge on any atom is -0.478 e. The number of halogens is 2. The lowest BCUT2D eigenvalue weighted by Gasteiger charge is -2.48. The molecule has 0 unspecified atom stereocenters. The van der Waals surface area contributed by atoms with E-state index in [2.05, 4.69) is 10.6 Å². The fourth-order valence-corrected chi connectivity index (χ4v) is 9.66. The number of esters is 2. The average molecular weight is 1190 g/mol. The van der Waals surface area contributed by atoms with E-state index in [1.54, 1.807) is 49.6 Å². The molecule has 6 atom stereocenters. The molecular weight excluding hydrogens is 1100 g/mol. The number of nitrogens with zero attached hydrogens (tertiary/aromatic N) is 4. The predicted molar refractivity (Wildman–Crippen MR) is 315 cm³/mol. The van der Waals surface area contributed by atoms with Crippen molar-refractivity contribution in [2.24, 2.45) is 46.0 Å². The zero-order valence-electron chi connectivity index (χ0n) is 50.0. The van der Waals surface area contributed by atoms with Crippen LogP contribution in [0.3, 0.4) is 0 Å². The molecule has 460 valence electrons. The van der Waals surface area contributed by atoms with Gasteiger partial charge in [0, 0.05) is 86.4 Å². The van der Waals surface area contributed by atoms with E-state index in [1.165, 1.54) is 14.2 Å². The summed E-state index contributed by atoms with van der Waals surface area (Å²) >= 11 is 12.7. The lowest BCUT2D eigenvalue weighted by Crippen LogP contribution is -2.64. The van der Waals surface area contributed by atoms with Gasteiger partial charge >= 0.3 is 23.9 Å². The summed E-state index contributed by atoms with van der Waals surface area (Å²) in [6, 6.07) is 13.2. The molecule has 0 aromatic heterocycles. The monoisotopic (exact) mass is 1190 g/mol. The molecule has 2 heterocycles. The number of hydrogen-bond donors (Lipinski definition) is 8. The maximum absolute atomic E-state index is 13.0. The van der Waals surface area contributed by atoms with E-state index in [9.17, 15) is 48.6 Å². The zero-order valence-corrected chi connectivity index (χ0v) is 51.5. The zero-order chi connectivity index (χ0) is 62.8. The van der Waals surface area contributed by atoms with E-state index in [4.69, 9.17) is 54.4 Å². The Labute approximate surface area is 493 Å². The molecule has 0 saturated carbocycles. The highest BCUT2D eigenvalue weighted by molar-refractivity contribution is 6.34. The number of piperazine rings is 2. The van der Waals surface area contributed by atoms with Crippen molar-refractivity contribution in [1.29, 1.82) is 0 Å². The molecule has 82 heavy (non-hydrogen) atoms. The van der Waals surface area contributed by atoms with Gasteiger partial charge < -0.3 is 61.8 Å². The Balaban J connectivity index is 0.000000493. The number of aliphatic hydroxyl groups excluding tert-OH is 2.